The summed E-state index contributed by atoms with van der Waals surface area (Å²) in [5.41, 5.74) is 10.7. The van der Waals surface area contributed by atoms with Gasteiger partial charge in [0.15, 0.2) is 0 Å². The molecule has 0 spiro atoms. The van der Waals surface area contributed by atoms with Crippen LogP contribution >= 0.6 is 7.82 Å². The van der Waals surface area contributed by atoms with Gasteiger partial charge in [-0.25, -0.2) is 0 Å². The van der Waals surface area contributed by atoms with E-state index in [0.29, 0.717) is 36.5 Å². The van der Waals surface area contributed by atoms with Gasteiger partial charge in [-0.2, -0.15) is 4.57 Å². The Kier molecular flexibility index (Phi) is 17.9. The number of rotatable bonds is 15. The lowest BCUT2D eigenvalue weighted by molar-refractivity contribution is 0.243. The quantitative estimate of drug-likeness (QED) is 0.130. The fraction of sp³-hybridized carbons (Fsp3) is 0.714. The molecule has 0 unspecified atom stereocenters. The minimum atomic E-state index is -4.99. The van der Waals surface area contributed by atoms with Crippen LogP contribution in [0.25, 0.3) is 0 Å². The van der Waals surface area contributed by atoms with Crippen LogP contribution in [0.15, 0.2) is 0 Å². The number of hydrogen-bond acceptors (Lipinski definition) is 7. The minimum Gasteiger partial charge on any atom is -0.396 e. The second kappa shape index (κ2) is 20.4. The van der Waals surface area contributed by atoms with Gasteiger partial charge in [-0.1, -0.05) is 166 Å². The van der Waals surface area contributed by atoms with E-state index in [1.54, 1.807) is 0 Å². The number of phosphoric acid groups is 1. The van der Waals surface area contributed by atoms with Crippen LogP contribution in [-0.2, 0) is 53.3 Å². The molecule has 0 amide bonds. The van der Waals surface area contributed by atoms with Crippen LogP contribution in [0.1, 0.15) is 269 Å². The Bertz CT molecular complexity index is 2220. The molecule has 0 bridgehead atoms. The molecule has 0 heterocycles. The topological polar surface area (TPSA) is 105 Å². The fourth-order valence-corrected chi connectivity index (χ4v) is 14.7. The van der Waals surface area contributed by atoms with E-state index in [1.807, 2.05) is 0 Å². The summed E-state index contributed by atoms with van der Waals surface area (Å²) in [5, 5.41) is 32.3. The lowest BCUT2D eigenvalue weighted by Crippen LogP contribution is -2.31. The highest BCUT2D eigenvalue weighted by atomic mass is 31.2. The van der Waals surface area contributed by atoms with Gasteiger partial charge in [0, 0.05) is 53.2 Å². The summed E-state index contributed by atoms with van der Waals surface area (Å²) in [6.07, 6.45) is 1.27. The van der Waals surface area contributed by atoms with Crippen LogP contribution in [0.4, 0.5) is 0 Å². The molecule has 3 aromatic carbocycles. The Morgan fingerprint density at radius 1 is 0.296 bits per heavy atom. The van der Waals surface area contributed by atoms with E-state index < -0.39 is 40.3 Å². The SMILES string of the molecule is Cc1c(C(C)(C)C)c(C)c(C(C)(C)CCO)c(OP(=O)(Oc2c(C(C)(C)C)c(C)c(C(C)(C)C)c(C)c2C(C)(C)CCO)Oc2c(C(C)(C)C)c(C)c(C(C)(C)C)c(C)c2C(C)(C)CCO)c1C(C)(C)C. The lowest BCUT2D eigenvalue weighted by atomic mass is 9.68. The summed E-state index contributed by atoms with van der Waals surface area (Å²) in [5.74, 6) is 1.34. The number of aliphatic hydroxyl groups excluding tert-OH is 3. The molecule has 7 nitrogen and oxygen atoms in total. The first-order chi connectivity index (χ1) is 31.5. The van der Waals surface area contributed by atoms with Gasteiger partial charge in [0.25, 0.3) is 0 Å². The average molecular weight is 1010 g/mol. The Labute approximate surface area is 435 Å². The third-order valence-electron chi connectivity index (χ3n) is 15.2. The van der Waals surface area contributed by atoms with Crippen molar-refractivity contribution in [3.63, 3.8) is 0 Å². The summed E-state index contributed by atoms with van der Waals surface area (Å²) in [4.78, 5) is 0. The van der Waals surface area contributed by atoms with Gasteiger partial charge >= 0.3 is 7.82 Å². The molecule has 0 saturated carbocycles. The Morgan fingerprint density at radius 2 is 0.451 bits per heavy atom. The van der Waals surface area contributed by atoms with E-state index in [1.165, 1.54) is 16.7 Å². The molecular formula is C63H105O7P. The standard InChI is InChI=1S/C63H105O7P/c1-37-43(55(7,8)9)40(4)49(61(25,26)31-34-64)52(46(37)58(16,17)18)68-71(67,69-53-47(59(19,20)21)38(2)44(56(10,11)12)41(5)50(53)62(27,28)32-35-65)70-54-48(60(22,23)24)39(3)45(57(13,14)15)42(6)51(54)63(29,30)33-36-66/h64-66H,31-36H2,1-30H3. The zero-order valence-electron chi connectivity index (χ0n) is 51.2. The van der Waals surface area contributed by atoms with Gasteiger partial charge in [-0.05, 0) is 160 Å². The lowest BCUT2D eigenvalue weighted by Gasteiger charge is -2.41. The highest BCUT2D eigenvalue weighted by molar-refractivity contribution is 7.49. The largest absolute Gasteiger partial charge is 0.647 e. The van der Waals surface area contributed by atoms with Crippen molar-refractivity contribution in [1.29, 1.82) is 0 Å². The van der Waals surface area contributed by atoms with E-state index in [0.717, 1.165) is 66.8 Å². The summed E-state index contributed by atoms with van der Waals surface area (Å²) in [7, 11) is -4.99. The molecule has 0 fully saturated rings. The maximum Gasteiger partial charge on any atom is 0.647 e. The molecule has 71 heavy (non-hydrogen) atoms. The Balaban J connectivity index is 3.06. The van der Waals surface area contributed by atoms with Crippen molar-refractivity contribution in [2.45, 2.75) is 276 Å². The van der Waals surface area contributed by atoms with Crippen LogP contribution in [0, 0.1) is 41.5 Å². The fourth-order valence-electron chi connectivity index (χ4n) is 13.4. The van der Waals surface area contributed by atoms with E-state index in [9.17, 15) is 15.3 Å². The second-order valence-corrected chi connectivity index (χ2v) is 30.8. The molecule has 3 N–H and O–H groups in total. The van der Waals surface area contributed by atoms with E-state index in [4.69, 9.17) is 13.6 Å². The van der Waals surface area contributed by atoms with Gasteiger partial charge in [0.2, 0.25) is 0 Å². The number of phosphoric ester groups is 1. The van der Waals surface area contributed by atoms with Crippen molar-refractivity contribution in [2.24, 2.45) is 0 Å². The molecule has 0 aromatic heterocycles. The predicted molar refractivity (Wildman–Crippen MR) is 304 cm³/mol. The van der Waals surface area contributed by atoms with E-state index >= 15 is 4.57 Å². The predicted octanol–water partition coefficient (Wildman–Crippen LogP) is 16.9. The molecular weight excluding hydrogens is 900 g/mol. The molecule has 8 heteroatoms. The molecule has 3 aromatic rings. The highest BCUT2D eigenvalue weighted by Crippen LogP contribution is 2.62. The normalized spacial score (nSPS) is 14.1. The summed E-state index contributed by atoms with van der Waals surface area (Å²) in [6.45, 7) is 65.2. The van der Waals surface area contributed by atoms with Crippen LogP contribution in [0.5, 0.6) is 17.2 Å². The maximum absolute atomic E-state index is 17.8. The average Bonchev–Trinajstić information content (AvgIpc) is 3.06. The van der Waals surface area contributed by atoms with Crippen LogP contribution in [0.2, 0.25) is 0 Å². The van der Waals surface area contributed by atoms with Gasteiger partial charge in [-0.3, -0.25) is 0 Å². The first kappa shape index (κ1) is 62.5. The maximum atomic E-state index is 17.8. The molecule has 404 valence electrons. The Hall–Kier alpha value is -2.83. The molecule has 0 radical (unpaired) electrons. The number of benzene rings is 3. The highest BCUT2D eigenvalue weighted by Gasteiger charge is 2.48. The first-order valence-corrected chi connectivity index (χ1v) is 28.1. The molecule has 0 atom stereocenters. The van der Waals surface area contributed by atoms with E-state index in [2.05, 4.69) is 208 Å². The molecule has 0 aliphatic rings. The second-order valence-electron chi connectivity index (χ2n) is 29.4. The van der Waals surface area contributed by atoms with Gasteiger partial charge in [0.05, 0.1) is 0 Å². The molecule has 3 rings (SSSR count). The first-order valence-electron chi connectivity index (χ1n) is 26.6. The summed E-state index contributed by atoms with van der Waals surface area (Å²) >= 11 is 0. The zero-order valence-corrected chi connectivity index (χ0v) is 52.1. The van der Waals surface area contributed by atoms with Crippen LogP contribution in [0.3, 0.4) is 0 Å². The Morgan fingerprint density at radius 3 is 0.592 bits per heavy atom. The molecule has 0 aliphatic heterocycles. The van der Waals surface area contributed by atoms with Crippen molar-refractivity contribution in [3.05, 3.63) is 83.5 Å². The number of aliphatic hydroxyl groups is 3. The monoisotopic (exact) mass is 1000 g/mol. The smallest absolute Gasteiger partial charge is 0.396 e. The zero-order chi connectivity index (χ0) is 55.8. The van der Waals surface area contributed by atoms with Gasteiger partial charge < -0.3 is 28.9 Å². The van der Waals surface area contributed by atoms with Crippen molar-refractivity contribution in [1.82, 2.24) is 0 Å². The van der Waals surface area contributed by atoms with Crippen molar-refractivity contribution < 1.29 is 33.5 Å². The molecule has 0 aliphatic carbocycles. The van der Waals surface area contributed by atoms with Crippen LogP contribution in [-0.4, -0.2) is 35.1 Å². The van der Waals surface area contributed by atoms with Crippen molar-refractivity contribution in [2.75, 3.05) is 19.8 Å². The van der Waals surface area contributed by atoms with Crippen molar-refractivity contribution in [3.8, 4) is 17.2 Å². The molecule has 0 saturated heterocycles. The van der Waals surface area contributed by atoms with Gasteiger partial charge in [0.1, 0.15) is 17.2 Å². The summed E-state index contributed by atoms with van der Waals surface area (Å²) < 4.78 is 40.7. The van der Waals surface area contributed by atoms with Crippen molar-refractivity contribution >= 4 is 7.82 Å². The van der Waals surface area contributed by atoms with Gasteiger partial charge in [-0.15, -0.1) is 0 Å². The van der Waals surface area contributed by atoms with E-state index in [-0.39, 0.29) is 36.1 Å². The third kappa shape index (κ3) is 12.7. The summed E-state index contributed by atoms with van der Waals surface area (Å²) in [6, 6.07) is 0. The van der Waals surface area contributed by atoms with Crippen LogP contribution < -0.4 is 13.6 Å². The number of hydrogen-bond donors (Lipinski definition) is 3. The third-order valence-corrected chi connectivity index (χ3v) is 16.4. The minimum absolute atomic E-state index is 0.0615.